The van der Waals surface area contributed by atoms with Crippen LogP contribution in [0.4, 0.5) is 5.13 Å². The normalized spacial score (nSPS) is 10.5. The predicted molar refractivity (Wildman–Crippen MR) is 93.4 cm³/mol. The number of nitrogens with one attached hydrogen (secondary N) is 1. The Hall–Kier alpha value is -2.37. The third kappa shape index (κ3) is 3.36. The summed E-state index contributed by atoms with van der Waals surface area (Å²) in [5.74, 6) is 0.842. The van der Waals surface area contributed by atoms with Crippen molar-refractivity contribution in [2.75, 3.05) is 25.6 Å². The molecule has 5 heteroatoms. The highest BCUT2D eigenvalue weighted by molar-refractivity contribution is 7.13. The lowest BCUT2D eigenvalue weighted by atomic mass is 10.1. The molecule has 0 fully saturated rings. The first kappa shape index (κ1) is 15.5. The highest BCUT2D eigenvalue weighted by atomic mass is 32.1. The Bertz CT molecular complexity index is 754. The molecule has 0 unspecified atom stereocenters. The van der Waals surface area contributed by atoms with Crippen molar-refractivity contribution in [3.05, 3.63) is 60.0 Å². The quantitative estimate of drug-likeness (QED) is 0.684. The Labute approximate surface area is 139 Å². The van der Waals surface area contributed by atoms with E-state index in [1.807, 2.05) is 30.3 Å². The lowest BCUT2D eigenvalue weighted by Gasteiger charge is -2.06. The van der Waals surface area contributed by atoms with Crippen LogP contribution < -0.4 is 14.6 Å². The first-order valence-corrected chi connectivity index (χ1v) is 8.29. The highest BCUT2D eigenvalue weighted by Crippen LogP contribution is 2.26. The van der Waals surface area contributed by atoms with E-state index in [4.69, 9.17) is 9.84 Å². The van der Waals surface area contributed by atoms with Crippen LogP contribution in [-0.4, -0.2) is 25.4 Å². The van der Waals surface area contributed by atoms with Crippen molar-refractivity contribution >= 4 is 16.5 Å². The number of thiazole rings is 1. The lowest BCUT2D eigenvalue weighted by Crippen LogP contribution is -2.34. The molecule has 0 aliphatic heterocycles. The van der Waals surface area contributed by atoms with Gasteiger partial charge in [-0.2, -0.15) is 4.57 Å². The SMILES string of the molecule is COc1ccc(-c2csc(NCCO)[n+]2-c2ccccc2)cc1. The van der Waals surface area contributed by atoms with E-state index >= 15 is 0 Å². The van der Waals surface area contributed by atoms with Crippen molar-refractivity contribution < 1.29 is 14.4 Å². The van der Waals surface area contributed by atoms with Gasteiger partial charge in [0.1, 0.15) is 18.0 Å². The molecule has 23 heavy (non-hydrogen) atoms. The number of hydrogen-bond donors (Lipinski definition) is 2. The number of para-hydroxylation sites is 1. The van der Waals surface area contributed by atoms with Gasteiger partial charge in [0.05, 0.1) is 13.7 Å². The molecule has 4 nitrogen and oxygen atoms in total. The van der Waals surface area contributed by atoms with E-state index in [-0.39, 0.29) is 6.61 Å². The Balaban J connectivity index is 2.07. The van der Waals surface area contributed by atoms with E-state index in [9.17, 15) is 0 Å². The second kappa shape index (κ2) is 7.26. The van der Waals surface area contributed by atoms with Crippen molar-refractivity contribution in [3.63, 3.8) is 0 Å². The van der Waals surface area contributed by atoms with Crippen LogP contribution in [0.3, 0.4) is 0 Å². The molecule has 0 saturated carbocycles. The number of ether oxygens (including phenoxy) is 1. The van der Waals surface area contributed by atoms with Crippen molar-refractivity contribution in [2.45, 2.75) is 0 Å². The van der Waals surface area contributed by atoms with Gasteiger partial charge >= 0.3 is 5.13 Å². The van der Waals surface area contributed by atoms with Crippen molar-refractivity contribution in [3.8, 4) is 22.7 Å². The minimum absolute atomic E-state index is 0.102. The van der Waals surface area contributed by atoms with E-state index in [1.165, 1.54) is 0 Å². The number of aliphatic hydroxyl groups excluding tert-OH is 1. The van der Waals surface area contributed by atoms with Crippen LogP contribution in [-0.2, 0) is 0 Å². The second-order valence-electron chi connectivity index (χ2n) is 4.98. The molecular formula is C18H19N2O2S+. The fourth-order valence-corrected chi connectivity index (χ4v) is 3.36. The maximum atomic E-state index is 9.09. The number of anilines is 1. The van der Waals surface area contributed by atoms with Crippen LogP contribution in [0.1, 0.15) is 0 Å². The van der Waals surface area contributed by atoms with Crippen LogP contribution in [0, 0.1) is 0 Å². The maximum Gasteiger partial charge on any atom is 0.339 e. The number of methoxy groups -OCH3 is 1. The zero-order chi connectivity index (χ0) is 16.1. The van der Waals surface area contributed by atoms with Crippen LogP contribution >= 0.6 is 11.3 Å². The average molecular weight is 327 g/mol. The summed E-state index contributed by atoms with van der Waals surface area (Å²) in [6, 6.07) is 18.2. The first-order valence-electron chi connectivity index (χ1n) is 7.41. The minimum atomic E-state index is 0.102. The van der Waals surface area contributed by atoms with Gasteiger partial charge in [0.15, 0.2) is 5.69 Å². The Kier molecular flexibility index (Phi) is 4.90. The fourth-order valence-electron chi connectivity index (χ4n) is 2.40. The number of hydrogen-bond acceptors (Lipinski definition) is 4. The zero-order valence-corrected chi connectivity index (χ0v) is 13.7. The molecule has 3 aromatic rings. The summed E-state index contributed by atoms with van der Waals surface area (Å²) in [5.41, 5.74) is 3.30. The van der Waals surface area contributed by atoms with Crippen LogP contribution in [0.25, 0.3) is 16.9 Å². The van der Waals surface area contributed by atoms with E-state index < -0.39 is 0 Å². The largest absolute Gasteiger partial charge is 0.497 e. The molecule has 2 aromatic carbocycles. The van der Waals surface area contributed by atoms with Crippen molar-refractivity contribution in [1.29, 1.82) is 0 Å². The molecular weight excluding hydrogens is 308 g/mol. The van der Waals surface area contributed by atoms with Gasteiger partial charge in [-0.15, -0.1) is 0 Å². The summed E-state index contributed by atoms with van der Waals surface area (Å²) in [7, 11) is 1.67. The van der Waals surface area contributed by atoms with Crippen LogP contribution in [0.5, 0.6) is 5.75 Å². The van der Waals surface area contributed by atoms with Crippen LogP contribution in [0.15, 0.2) is 60.0 Å². The molecule has 1 heterocycles. The summed E-state index contributed by atoms with van der Waals surface area (Å²) in [5, 5.41) is 15.5. The molecule has 2 N–H and O–H groups in total. The van der Waals surface area contributed by atoms with E-state index in [2.05, 4.69) is 39.5 Å². The summed E-state index contributed by atoms with van der Waals surface area (Å²) < 4.78 is 7.40. The standard InChI is InChI=1S/C18H18N2O2S/c1-22-16-9-7-14(8-10-16)17-13-23-18(19-11-12-21)20(17)15-5-3-2-4-6-15/h2-10,13,21H,11-12H2,1H3/p+1. The Morgan fingerprint density at radius 2 is 1.83 bits per heavy atom. The van der Waals surface area contributed by atoms with E-state index in [0.717, 1.165) is 27.8 Å². The molecule has 0 aliphatic carbocycles. The van der Waals surface area contributed by atoms with Gasteiger partial charge in [0.25, 0.3) is 0 Å². The molecule has 0 amide bonds. The second-order valence-corrected chi connectivity index (χ2v) is 5.83. The summed E-state index contributed by atoms with van der Waals surface area (Å²) in [4.78, 5) is 0. The Morgan fingerprint density at radius 3 is 2.48 bits per heavy atom. The minimum Gasteiger partial charge on any atom is -0.497 e. The number of aliphatic hydroxyl groups is 1. The van der Waals surface area contributed by atoms with Gasteiger partial charge in [-0.1, -0.05) is 29.5 Å². The monoisotopic (exact) mass is 327 g/mol. The molecule has 3 rings (SSSR count). The smallest absolute Gasteiger partial charge is 0.339 e. The molecule has 0 atom stereocenters. The van der Waals surface area contributed by atoms with Gasteiger partial charge in [-0.05, 0) is 36.4 Å². The number of aromatic nitrogens is 1. The fraction of sp³-hybridized carbons (Fsp3) is 0.167. The third-order valence-electron chi connectivity index (χ3n) is 3.51. The van der Waals surface area contributed by atoms with E-state index in [1.54, 1.807) is 18.4 Å². The molecule has 0 radical (unpaired) electrons. The topological polar surface area (TPSA) is 45.4 Å². The molecule has 118 valence electrons. The average Bonchev–Trinajstić information content (AvgIpc) is 3.04. The van der Waals surface area contributed by atoms with Crippen molar-refractivity contribution in [2.24, 2.45) is 0 Å². The van der Waals surface area contributed by atoms with Crippen molar-refractivity contribution in [1.82, 2.24) is 0 Å². The zero-order valence-electron chi connectivity index (χ0n) is 12.9. The summed E-state index contributed by atoms with van der Waals surface area (Å²) in [6.07, 6.45) is 0. The molecule has 0 saturated heterocycles. The van der Waals surface area contributed by atoms with Gasteiger partial charge in [-0.3, -0.25) is 5.32 Å². The lowest BCUT2D eigenvalue weighted by molar-refractivity contribution is -0.564. The predicted octanol–water partition coefficient (Wildman–Crippen LogP) is 3.10. The highest BCUT2D eigenvalue weighted by Gasteiger charge is 2.20. The van der Waals surface area contributed by atoms with E-state index in [0.29, 0.717) is 6.54 Å². The Morgan fingerprint density at radius 1 is 1.09 bits per heavy atom. The molecule has 0 aliphatic rings. The van der Waals surface area contributed by atoms with Gasteiger partial charge in [0, 0.05) is 10.9 Å². The van der Waals surface area contributed by atoms with Gasteiger partial charge < -0.3 is 9.84 Å². The first-order chi connectivity index (χ1) is 11.3. The molecule has 1 aromatic heterocycles. The van der Waals surface area contributed by atoms with Crippen LogP contribution in [0.2, 0.25) is 0 Å². The van der Waals surface area contributed by atoms with Gasteiger partial charge in [-0.25, -0.2) is 0 Å². The summed E-state index contributed by atoms with van der Waals surface area (Å²) in [6.45, 7) is 0.625. The number of nitrogens with zero attached hydrogens (tertiary/aromatic N) is 1. The molecule has 0 bridgehead atoms. The molecule has 0 spiro atoms. The number of rotatable bonds is 6. The summed E-state index contributed by atoms with van der Waals surface area (Å²) >= 11 is 1.63. The maximum absolute atomic E-state index is 9.09. The van der Waals surface area contributed by atoms with Gasteiger partial charge in [0.2, 0.25) is 0 Å². The third-order valence-corrected chi connectivity index (χ3v) is 4.41. The number of benzene rings is 2.